The molecule has 4 heteroatoms. The van der Waals surface area contributed by atoms with Crippen LogP contribution in [0.3, 0.4) is 0 Å². The zero-order valence-corrected chi connectivity index (χ0v) is 16.3. The Balaban J connectivity index is 1.94. The van der Waals surface area contributed by atoms with E-state index in [-0.39, 0.29) is 12.1 Å². The Bertz CT molecular complexity index is 723. The van der Waals surface area contributed by atoms with Gasteiger partial charge >= 0.3 is 0 Å². The molecule has 3 nitrogen and oxygen atoms in total. The fourth-order valence-electron chi connectivity index (χ4n) is 2.47. The van der Waals surface area contributed by atoms with Crippen LogP contribution in [0.15, 0.2) is 85.2 Å². The quantitative estimate of drug-likeness (QED) is 0.559. The van der Waals surface area contributed by atoms with Crippen molar-refractivity contribution < 1.29 is 4.57 Å². The molecule has 2 aromatic carbocycles. The largest absolute Gasteiger partial charge is 0.285 e. The minimum Gasteiger partial charge on any atom is -0.285 e. The molecule has 0 heterocycles. The van der Waals surface area contributed by atoms with E-state index in [2.05, 4.69) is 16.8 Å². The predicted molar refractivity (Wildman–Crippen MR) is 114 cm³/mol. The molecule has 0 saturated heterocycles. The molecule has 0 spiro atoms. The van der Waals surface area contributed by atoms with E-state index in [1.54, 1.807) is 0 Å². The lowest BCUT2D eigenvalue weighted by molar-refractivity contribution is 0.552. The van der Waals surface area contributed by atoms with E-state index in [0.717, 1.165) is 11.1 Å². The third-order valence-corrected chi connectivity index (χ3v) is 5.90. The molecule has 0 aliphatic carbocycles. The van der Waals surface area contributed by atoms with Crippen molar-refractivity contribution in [1.82, 2.24) is 10.2 Å². The van der Waals surface area contributed by atoms with Gasteiger partial charge in [-0.3, -0.25) is 4.57 Å². The lowest BCUT2D eigenvalue weighted by Crippen LogP contribution is -2.31. The van der Waals surface area contributed by atoms with Crippen molar-refractivity contribution in [2.45, 2.75) is 25.9 Å². The first-order valence-corrected chi connectivity index (χ1v) is 10.5. The van der Waals surface area contributed by atoms with Crippen molar-refractivity contribution in [3.63, 3.8) is 0 Å². The Morgan fingerprint density at radius 2 is 1.19 bits per heavy atom. The number of rotatable bonds is 9. The molecule has 0 fully saturated rings. The fourth-order valence-corrected chi connectivity index (χ4v) is 4.14. The van der Waals surface area contributed by atoms with E-state index in [4.69, 9.17) is 0 Å². The Morgan fingerprint density at radius 3 is 1.54 bits per heavy atom. The van der Waals surface area contributed by atoms with E-state index in [9.17, 15) is 4.57 Å². The summed E-state index contributed by atoms with van der Waals surface area (Å²) in [5.41, 5.74) is 2.23. The molecule has 0 aliphatic rings. The van der Waals surface area contributed by atoms with Gasteiger partial charge in [0.2, 0.25) is 7.44 Å². The average Bonchev–Trinajstić information content (AvgIpc) is 2.66. The van der Waals surface area contributed by atoms with Crippen LogP contribution in [0.4, 0.5) is 0 Å². The number of hydrogen-bond acceptors (Lipinski definition) is 1. The highest BCUT2D eigenvalue weighted by Gasteiger charge is 2.20. The van der Waals surface area contributed by atoms with E-state index in [0.29, 0.717) is 0 Å². The lowest BCUT2D eigenvalue weighted by Gasteiger charge is -2.22. The van der Waals surface area contributed by atoms with Crippen LogP contribution in [0.5, 0.6) is 0 Å². The molecule has 0 aromatic heterocycles. The van der Waals surface area contributed by atoms with Gasteiger partial charge in [0, 0.05) is 12.1 Å². The summed E-state index contributed by atoms with van der Waals surface area (Å²) in [5.74, 6) is 1.48. The Morgan fingerprint density at radius 1 is 0.808 bits per heavy atom. The minimum atomic E-state index is -2.89. The highest BCUT2D eigenvalue weighted by molar-refractivity contribution is 7.63. The molecule has 0 aliphatic heterocycles. The summed E-state index contributed by atoms with van der Waals surface area (Å²) in [6, 6.07) is 20.0. The minimum absolute atomic E-state index is 0.0585. The lowest BCUT2D eigenvalue weighted by atomic mass is 10.2. The molecule has 2 atom stereocenters. The summed E-state index contributed by atoms with van der Waals surface area (Å²) in [5, 5.41) is 6.30. The monoisotopic (exact) mass is 366 g/mol. The summed E-state index contributed by atoms with van der Waals surface area (Å²) < 4.78 is 13.0. The molecule has 0 amide bonds. The first-order chi connectivity index (χ1) is 12.5. The molecule has 2 N–H and O–H groups in total. The van der Waals surface area contributed by atoms with Crippen LogP contribution in [0.2, 0.25) is 0 Å². The Kier molecular flexibility index (Phi) is 7.80. The number of nitrogens with one attached hydrogen (secondary N) is 2. The molecule has 0 bridgehead atoms. The summed E-state index contributed by atoms with van der Waals surface area (Å²) in [4.78, 5) is 0. The molecule has 0 saturated carbocycles. The van der Waals surface area contributed by atoms with Crippen molar-refractivity contribution in [2.75, 3.05) is 0 Å². The average molecular weight is 366 g/mol. The van der Waals surface area contributed by atoms with Crippen LogP contribution < -0.4 is 10.2 Å². The third-order valence-electron chi connectivity index (χ3n) is 3.80. The first-order valence-electron chi connectivity index (χ1n) is 8.76. The Hall–Kier alpha value is -2.19. The highest BCUT2D eigenvalue weighted by Crippen LogP contribution is 2.38. The van der Waals surface area contributed by atoms with Gasteiger partial charge in [0.25, 0.3) is 0 Å². The molecular formula is C22H27N2OP. The maximum atomic E-state index is 13.0. The van der Waals surface area contributed by atoms with Crippen LogP contribution in [-0.4, -0.2) is 12.1 Å². The fraction of sp³-hybridized carbons (Fsp3) is 0.182. The topological polar surface area (TPSA) is 41.1 Å². The van der Waals surface area contributed by atoms with Crippen molar-refractivity contribution in [2.24, 2.45) is 0 Å². The number of hydrogen-bond donors (Lipinski definition) is 2. The van der Waals surface area contributed by atoms with Gasteiger partial charge in [0.1, 0.15) is 0 Å². The summed E-state index contributed by atoms with van der Waals surface area (Å²) >= 11 is 0. The zero-order chi connectivity index (χ0) is 18.8. The van der Waals surface area contributed by atoms with Gasteiger partial charge in [-0.2, -0.15) is 0 Å². The van der Waals surface area contributed by atoms with Crippen molar-refractivity contribution in [3.8, 4) is 0 Å². The van der Waals surface area contributed by atoms with Gasteiger partial charge in [0.05, 0.1) is 0 Å². The molecule has 0 radical (unpaired) electrons. The van der Waals surface area contributed by atoms with Gasteiger partial charge < -0.3 is 0 Å². The maximum absolute atomic E-state index is 13.0. The van der Waals surface area contributed by atoms with Crippen LogP contribution in [0, 0.1) is 0 Å². The van der Waals surface area contributed by atoms with E-state index >= 15 is 0 Å². The molecule has 0 unspecified atom stereocenters. The maximum Gasteiger partial charge on any atom is 0.233 e. The van der Waals surface area contributed by atoms with Crippen molar-refractivity contribution in [3.05, 3.63) is 96.3 Å². The highest BCUT2D eigenvalue weighted by atomic mass is 31.2. The normalized spacial score (nSPS) is 14.5. The van der Waals surface area contributed by atoms with Gasteiger partial charge in [-0.1, -0.05) is 91.5 Å². The smallest absolute Gasteiger partial charge is 0.233 e. The van der Waals surface area contributed by atoms with Crippen LogP contribution in [0.1, 0.15) is 25.0 Å². The third kappa shape index (κ3) is 6.97. The van der Waals surface area contributed by atoms with Crippen LogP contribution in [0.25, 0.3) is 12.2 Å². The summed E-state index contributed by atoms with van der Waals surface area (Å²) in [6.07, 6.45) is 8.03. The van der Waals surface area contributed by atoms with Gasteiger partial charge in [0.15, 0.2) is 0 Å². The molecule has 2 rings (SSSR count). The van der Waals surface area contributed by atoms with Crippen LogP contribution in [-0.2, 0) is 4.57 Å². The second kappa shape index (κ2) is 10.1. The first kappa shape index (κ1) is 20.1. The standard InChI is InChI=1S/C22H27N2OP/c1-4-26(25,23-19(2)15-17-21-11-7-5-8-12-21)24-20(3)16-18-22-13-9-6-10-14-22/h4-20H,1H2,2-3H3,(H2,23,24,25)/b17-15+,18-16+/t19-,20-/m0/s1. The van der Waals surface area contributed by atoms with Gasteiger partial charge in [-0.15, -0.1) is 0 Å². The van der Waals surface area contributed by atoms with Crippen LogP contribution >= 0.6 is 7.44 Å². The second-order valence-corrected chi connectivity index (χ2v) is 8.41. The predicted octanol–water partition coefficient (Wildman–Crippen LogP) is 5.71. The van der Waals surface area contributed by atoms with Gasteiger partial charge in [-0.25, -0.2) is 10.2 Å². The molecule has 26 heavy (non-hydrogen) atoms. The van der Waals surface area contributed by atoms with E-state index < -0.39 is 7.44 Å². The van der Waals surface area contributed by atoms with Crippen molar-refractivity contribution >= 4 is 19.6 Å². The van der Waals surface area contributed by atoms with Crippen molar-refractivity contribution in [1.29, 1.82) is 0 Å². The van der Waals surface area contributed by atoms with E-state index in [1.807, 2.05) is 98.8 Å². The summed E-state index contributed by atoms with van der Waals surface area (Å²) in [6.45, 7) is 7.69. The molecule has 136 valence electrons. The Labute approximate surface area is 157 Å². The number of benzene rings is 2. The second-order valence-electron chi connectivity index (χ2n) is 6.22. The van der Waals surface area contributed by atoms with Gasteiger partial charge in [-0.05, 0) is 30.8 Å². The van der Waals surface area contributed by atoms with E-state index in [1.165, 1.54) is 5.82 Å². The SMILES string of the molecule is C=CP(=O)(N[C@@H](C)/C=C/c1ccccc1)N[C@@H](C)/C=C/c1ccccc1. The summed E-state index contributed by atoms with van der Waals surface area (Å²) in [7, 11) is -2.89. The molecular weight excluding hydrogens is 339 g/mol. The zero-order valence-electron chi connectivity index (χ0n) is 15.4. The molecule has 2 aromatic rings.